The largest absolute Gasteiger partial charge is 0.494 e. The minimum Gasteiger partial charge on any atom is -0.494 e. The number of Topliss-reactive ketones (excluding diaryl/α,β-unsaturated/α-hetero) is 1. The van der Waals surface area contributed by atoms with Crippen LogP contribution in [0.1, 0.15) is 24.2 Å². The Bertz CT molecular complexity index is 584. The lowest BCUT2D eigenvalue weighted by atomic mass is 10.1. The molecule has 21 heavy (non-hydrogen) atoms. The summed E-state index contributed by atoms with van der Waals surface area (Å²) in [6.07, 6.45) is 0. The minimum absolute atomic E-state index is 0.0861. The van der Waals surface area contributed by atoms with Crippen molar-refractivity contribution in [3.63, 3.8) is 0 Å². The van der Waals surface area contributed by atoms with Crippen molar-refractivity contribution in [2.45, 2.75) is 22.5 Å². The van der Waals surface area contributed by atoms with E-state index in [-0.39, 0.29) is 5.78 Å². The fourth-order valence-electron chi connectivity index (χ4n) is 1.55. The summed E-state index contributed by atoms with van der Waals surface area (Å²) in [7, 11) is 0. The maximum absolute atomic E-state index is 12.1. The van der Waals surface area contributed by atoms with Crippen molar-refractivity contribution >= 4 is 40.6 Å². The Morgan fingerprint density at radius 2 is 1.81 bits per heavy atom. The molecule has 7 heteroatoms. The fraction of sp³-hybridized carbons (Fsp3) is 0.357. The van der Waals surface area contributed by atoms with Gasteiger partial charge in [-0.05, 0) is 36.9 Å². The highest BCUT2D eigenvalue weighted by atomic mass is 32.2. The topological polar surface area (TPSA) is 52.1 Å². The van der Waals surface area contributed by atoms with Crippen LogP contribution in [0.25, 0.3) is 0 Å². The van der Waals surface area contributed by atoms with Crippen molar-refractivity contribution in [2.24, 2.45) is 0 Å². The molecule has 0 spiro atoms. The quantitative estimate of drug-likeness (QED) is 0.534. The average molecular weight is 340 g/mol. The van der Waals surface area contributed by atoms with Gasteiger partial charge < -0.3 is 4.74 Å². The first-order chi connectivity index (χ1) is 10.2. The summed E-state index contributed by atoms with van der Waals surface area (Å²) in [5.74, 6) is 2.22. The molecule has 0 aliphatic rings. The van der Waals surface area contributed by atoms with Gasteiger partial charge in [-0.1, -0.05) is 41.8 Å². The van der Waals surface area contributed by atoms with E-state index in [2.05, 4.69) is 17.1 Å². The monoisotopic (exact) mass is 340 g/mol. The van der Waals surface area contributed by atoms with Crippen LogP contribution in [0.4, 0.5) is 0 Å². The van der Waals surface area contributed by atoms with Crippen molar-refractivity contribution in [1.29, 1.82) is 0 Å². The van der Waals surface area contributed by atoms with Crippen molar-refractivity contribution in [2.75, 3.05) is 18.1 Å². The van der Waals surface area contributed by atoms with Gasteiger partial charge in [0.25, 0.3) is 0 Å². The second-order valence-corrected chi connectivity index (χ2v) is 7.65. The van der Waals surface area contributed by atoms with Crippen molar-refractivity contribution in [3.8, 4) is 5.75 Å². The first-order valence-corrected chi connectivity index (χ1v) is 9.36. The number of hydrogen-bond acceptors (Lipinski definition) is 7. The van der Waals surface area contributed by atoms with Crippen LogP contribution in [0.2, 0.25) is 0 Å². The van der Waals surface area contributed by atoms with Gasteiger partial charge in [-0.3, -0.25) is 4.79 Å². The molecule has 4 nitrogen and oxygen atoms in total. The van der Waals surface area contributed by atoms with Crippen LogP contribution in [-0.2, 0) is 0 Å². The number of aromatic nitrogens is 2. The molecule has 0 aliphatic heterocycles. The average Bonchev–Trinajstić information content (AvgIpc) is 2.94. The summed E-state index contributed by atoms with van der Waals surface area (Å²) in [5, 5.41) is 8.15. The van der Waals surface area contributed by atoms with E-state index in [0.717, 1.165) is 20.2 Å². The Labute approximate surface area is 136 Å². The Morgan fingerprint density at radius 1 is 1.14 bits per heavy atom. The normalized spacial score (nSPS) is 10.6. The summed E-state index contributed by atoms with van der Waals surface area (Å²) >= 11 is 4.64. The lowest BCUT2D eigenvalue weighted by molar-refractivity contribution is 0.102. The van der Waals surface area contributed by atoms with E-state index in [1.165, 1.54) is 23.1 Å². The summed E-state index contributed by atoms with van der Waals surface area (Å²) < 4.78 is 7.15. The third-order valence-corrected chi connectivity index (χ3v) is 5.54. The van der Waals surface area contributed by atoms with Crippen LogP contribution in [0.3, 0.4) is 0 Å². The summed E-state index contributed by atoms with van der Waals surface area (Å²) in [5.41, 5.74) is 0.693. The third-order valence-electron chi connectivity index (χ3n) is 2.47. The predicted octanol–water partition coefficient (Wildman–Crippen LogP) is 4.02. The second kappa shape index (κ2) is 8.41. The second-order valence-electron chi connectivity index (χ2n) is 3.94. The number of thioether (sulfide) groups is 2. The van der Waals surface area contributed by atoms with E-state index in [9.17, 15) is 4.79 Å². The van der Waals surface area contributed by atoms with Gasteiger partial charge in [0, 0.05) is 5.56 Å². The molecule has 0 saturated carbocycles. The molecule has 0 saturated heterocycles. The van der Waals surface area contributed by atoms with Crippen molar-refractivity contribution in [1.82, 2.24) is 10.2 Å². The van der Waals surface area contributed by atoms with Gasteiger partial charge in [0.15, 0.2) is 14.5 Å². The van der Waals surface area contributed by atoms with Gasteiger partial charge >= 0.3 is 0 Å². The molecular weight excluding hydrogens is 324 g/mol. The number of benzene rings is 1. The standard InChI is InChI=1S/C14H16N2O2S3/c1-3-18-11-7-5-10(6-8-11)12(17)9-20-14-16-15-13(21-14)19-4-2/h5-8H,3-4,9H2,1-2H3. The molecule has 112 valence electrons. The first-order valence-electron chi connectivity index (χ1n) is 6.58. The smallest absolute Gasteiger partial charge is 0.175 e. The maximum Gasteiger partial charge on any atom is 0.175 e. The zero-order valence-corrected chi connectivity index (χ0v) is 14.3. The summed E-state index contributed by atoms with van der Waals surface area (Å²) in [6.45, 7) is 4.63. The number of hydrogen-bond donors (Lipinski definition) is 0. The Morgan fingerprint density at radius 3 is 2.43 bits per heavy atom. The van der Waals surface area contributed by atoms with Gasteiger partial charge in [-0.2, -0.15) is 0 Å². The highest BCUT2D eigenvalue weighted by Gasteiger charge is 2.10. The number of rotatable bonds is 8. The Balaban J connectivity index is 1.88. The van der Waals surface area contributed by atoms with Crippen molar-refractivity contribution in [3.05, 3.63) is 29.8 Å². The van der Waals surface area contributed by atoms with Crippen molar-refractivity contribution < 1.29 is 9.53 Å². The number of ketones is 1. The van der Waals surface area contributed by atoms with E-state index in [1.807, 2.05) is 19.1 Å². The highest BCUT2D eigenvalue weighted by molar-refractivity contribution is 8.03. The molecule has 1 heterocycles. The van der Waals surface area contributed by atoms with Gasteiger partial charge in [0.1, 0.15) is 5.75 Å². The highest BCUT2D eigenvalue weighted by Crippen LogP contribution is 2.29. The van der Waals surface area contributed by atoms with Crippen LogP contribution in [0, 0.1) is 0 Å². The molecule has 0 fully saturated rings. The zero-order chi connectivity index (χ0) is 15.1. The molecule has 2 aromatic rings. The summed E-state index contributed by atoms with van der Waals surface area (Å²) in [4.78, 5) is 12.1. The molecule has 1 aromatic heterocycles. The number of ether oxygens (including phenoxy) is 1. The van der Waals surface area contributed by atoms with Crippen LogP contribution in [-0.4, -0.2) is 34.1 Å². The fourth-order valence-corrected chi connectivity index (χ4v) is 4.36. The molecule has 0 N–H and O–H groups in total. The lowest BCUT2D eigenvalue weighted by Gasteiger charge is -2.03. The van der Waals surface area contributed by atoms with Crippen LogP contribution in [0.15, 0.2) is 32.9 Å². The summed E-state index contributed by atoms with van der Waals surface area (Å²) in [6, 6.07) is 7.24. The number of carbonyl (C=O) groups excluding carboxylic acids is 1. The van der Waals surface area contributed by atoms with Crippen LogP contribution in [0.5, 0.6) is 5.75 Å². The maximum atomic E-state index is 12.1. The molecule has 0 atom stereocenters. The van der Waals surface area contributed by atoms with E-state index in [4.69, 9.17) is 4.74 Å². The van der Waals surface area contributed by atoms with Gasteiger partial charge in [0.2, 0.25) is 0 Å². The molecule has 0 bridgehead atoms. The number of nitrogens with zero attached hydrogens (tertiary/aromatic N) is 2. The van der Waals surface area contributed by atoms with E-state index in [1.54, 1.807) is 23.9 Å². The SMILES string of the molecule is CCOc1ccc(C(=O)CSc2nnc(SCC)s2)cc1. The Kier molecular flexibility index (Phi) is 6.53. The van der Waals surface area contributed by atoms with E-state index < -0.39 is 0 Å². The molecule has 0 amide bonds. The van der Waals surface area contributed by atoms with E-state index in [0.29, 0.717) is 17.9 Å². The first kappa shape index (κ1) is 16.3. The minimum atomic E-state index is 0.0861. The van der Waals surface area contributed by atoms with Crippen LogP contribution >= 0.6 is 34.9 Å². The lowest BCUT2D eigenvalue weighted by Crippen LogP contribution is -2.02. The van der Waals surface area contributed by atoms with Gasteiger partial charge in [0.05, 0.1) is 12.4 Å². The zero-order valence-electron chi connectivity index (χ0n) is 11.9. The van der Waals surface area contributed by atoms with Crippen LogP contribution < -0.4 is 4.74 Å². The van der Waals surface area contributed by atoms with Gasteiger partial charge in [-0.25, -0.2) is 0 Å². The molecular formula is C14H16N2O2S3. The molecule has 0 unspecified atom stereocenters. The molecule has 2 rings (SSSR count). The van der Waals surface area contributed by atoms with Gasteiger partial charge in [-0.15, -0.1) is 10.2 Å². The Hall–Kier alpha value is -1.05. The third kappa shape index (κ3) is 5.01. The molecule has 0 radical (unpaired) electrons. The predicted molar refractivity (Wildman–Crippen MR) is 89.0 cm³/mol. The molecule has 1 aromatic carbocycles. The van der Waals surface area contributed by atoms with E-state index >= 15 is 0 Å². The number of carbonyl (C=O) groups is 1. The molecule has 0 aliphatic carbocycles.